The van der Waals surface area contributed by atoms with Crippen LogP contribution in [-0.2, 0) is 0 Å². The number of nitrogens with zero attached hydrogens (tertiary/aromatic N) is 4. The molecule has 1 aliphatic rings. The Morgan fingerprint density at radius 2 is 1.29 bits per heavy atom. The highest BCUT2D eigenvalue weighted by Gasteiger charge is 2.30. The first-order valence-corrected chi connectivity index (χ1v) is 16.8. The molecule has 0 aliphatic carbocycles. The van der Waals surface area contributed by atoms with E-state index in [2.05, 4.69) is 130 Å². The van der Waals surface area contributed by atoms with Gasteiger partial charge in [-0.15, -0.1) is 0 Å². The predicted molar refractivity (Wildman–Crippen MR) is 195 cm³/mol. The summed E-state index contributed by atoms with van der Waals surface area (Å²) < 4.78 is 11.3. The number of rotatable bonds is 3. The molecule has 0 unspecified atom stereocenters. The minimum atomic E-state index is 0.591. The van der Waals surface area contributed by atoms with Crippen molar-refractivity contribution in [2.75, 3.05) is 0 Å². The molecular formula is C42H24N4OS. The zero-order valence-electron chi connectivity index (χ0n) is 25.5. The minimum absolute atomic E-state index is 0.591. The van der Waals surface area contributed by atoms with Crippen LogP contribution in [0.5, 0.6) is 0 Å². The van der Waals surface area contributed by atoms with Gasteiger partial charge in [-0.3, -0.25) is 9.13 Å². The van der Waals surface area contributed by atoms with E-state index in [-0.39, 0.29) is 0 Å². The second-order valence-corrected chi connectivity index (χ2v) is 13.2. The second-order valence-electron chi connectivity index (χ2n) is 12.2. The first-order valence-electron chi connectivity index (χ1n) is 16.0. The van der Waals surface area contributed by atoms with Crippen LogP contribution in [0, 0.1) is 0 Å². The highest BCUT2D eigenvalue weighted by molar-refractivity contribution is 8.00. The fourth-order valence-electron chi connectivity index (χ4n) is 7.56. The molecule has 5 heterocycles. The zero-order chi connectivity index (χ0) is 31.3. The maximum absolute atomic E-state index is 6.40. The predicted octanol–water partition coefficient (Wildman–Crippen LogP) is 11.2. The van der Waals surface area contributed by atoms with Crippen molar-refractivity contribution < 1.29 is 4.42 Å². The van der Waals surface area contributed by atoms with Crippen LogP contribution in [0.3, 0.4) is 0 Å². The average Bonchev–Trinajstić information content (AvgIpc) is 3.80. The van der Waals surface area contributed by atoms with Crippen LogP contribution in [0.4, 0.5) is 0 Å². The molecule has 0 saturated heterocycles. The molecule has 0 N–H and O–H groups in total. The molecule has 224 valence electrons. The van der Waals surface area contributed by atoms with E-state index in [1.807, 2.05) is 24.3 Å². The van der Waals surface area contributed by atoms with Gasteiger partial charge in [0, 0.05) is 48.2 Å². The van der Waals surface area contributed by atoms with E-state index in [9.17, 15) is 0 Å². The number of hydrogen-bond donors (Lipinski definition) is 0. The van der Waals surface area contributed by atoms with Gasteiger partial charge in [-0.2, -0.15) is 4.98 Å². The summed E-state index contributed by atoms with van der Waals surface area (Å²) in [5.74, 6) is 0.646. The average molecular weight is 633 g/mol. The lowest BCUT2D eigenvalue weighted by atomic mass is 10.1. The summed E-state index contributed by atoms with van der Waals surface area (Å²) in [5, 5.41) is 5.71. The third-order valence-electron chi connectivity index (χ3n) is 9.54. The van der Waals surface area contributed by atoms with Gasteiger partial charge in [-0.05, 0) is 42.5 Å². The van der Waals surface area contributed by atoms with Crippen molar-refractivity contribution in [3.63, 3.8) is 0 Å². The Labute approximate surface area is 278 Å². The molecular weight excluding hydrogens is 609 g/mol. The number of hydrogen-bond acceptors (Lipinski definition) is 4. The standard InChI is InChI=1S/C42H24N4OS/c1-3-13-25(14-4-1)37-36-28-18-8-10-23-33(28)47-41(36)44-40(43-37)30-20-11-22-32-39(30)48-34-24-12-19-29-35-27-17-7-9-21-31(27)45(26-15-5-2-6-16-26)42(35)46(32)38(29)34/h1-24H. The van der Waals surface area contributed by atoms with Crippen molar-refractivity contribution in [2.24, 2.45) is 0 Å². The van der Waals surface area contributed by atoms with Crippen molar-refractivity contribution >= 4 is 66.7 Å². The molecule has 6 heteroatoms. The lowest BCUT2D eigenvalue weighted by Crippen LogP contribution is -2.07. The van der Waals surface area contributed by atoms with E-state index < -0.39 is 0 Å². The molecule has 4 aromatic heterocycles. The first kappa shape index (κ1) is 26.0. The molecule has 10 aromatic rings. The van der Waals surface area contributed by atoms with Gasteiger partial charge in [0.15, 0.2) is 5.82 Å². The molecule has 6 aromatic carbocycles. The summed E-state index contributed by atoms with van der Waals surface area (Å²) in [4.78, 5) is 12.8. The summed E-state index contributed by atoms with van der Waals surface area (Å²) in [6, 6.07) is 51.0. The van der Waals surface area contributed by atoms with Crippen LogP contribution < -0.4 is 0 Å². The second kappa shape index (κ2) is 9.70. The molecule has 48 heavy (non-hydrogen) atoms. The van der Waals surface area contributed by atoms with E-state index in [1.165, 1.54) is 32.1 Å². The Kier molecular flexibility index (Phi) is 5.26. The third kappa shape index (κ3) is 3.47. The minimum Gasteiger partial charge on any atom is -0.438 e. The van der Waals surface area contributed by atoms with Crippen molar-refractivity contribution in [2.45, 2.75) is 9.79 Å². The fourth-order valence-corrected chi connectivity index (χ4v) is 8.76. The van der Waals surface area contributed by atoms with Gasteiger partial charge in [0.05, 0.1) is 27.8 Å². The summed E-state index contributed by atoms with van der Waals surface area (Å²) in [6.45, 7) is 0. The van der Waals surface area contributed by atoms with Gasteiger partial charge in [0.25, 0.3) is 0 Å². The van der Waals surface area contributed by atoms with Gasteiger partial charge < -0.3 is 4.42 Å². The van der Waals surface area contributed by atoms with E-state index in [0.29, 0.717) is 11.5 Å². The topological polar surface area (TPSA) is 48.8 Å². The molecule has 0 atom stereocenters. The zero-order valence-corrected chi connectivity index (χ0v) is 26.3. The van der Waals surface area contributed by atoms with E-state index in [0.717, 1.165) is 55.1 Å². The maximum Gasteiger partial charge on any atom is 0.231 e. The van der Waals surface area contributed by atoms with Gasteiger partial charge in [-0.1, -0.05) is 115 Å². The summed E-state index contributed by atoms with van der Waals surface area (Å²) >= 11 is 1.79. The highest BCUT2D eigenvalue weighted by Crippen LogP contribution is 2.52. The molecule has 0 saturated carbocycles. The molecule has 1 aliphatic heterocycles. The Morgan fingerprint density at radius 1 is 0.562 bits per heavy atom. The van der Waals surface area contributed by atoms with Crippen LogP contribution in [0.15, 0.2) is 160 Å². The van der Waals surface area contributed by atoms with Crippen LogP contribution in [0.25, 0.3) is 88.9 Å². The normalized spacial score (nSPS) is 12.5. The molecule has 5 nitrogen and oxygen atoms in total. The Hall–Kier alpha value is -6.11. The molecule has 0 bridgehead atoms. The SMILES string of the molecule is c1ccc(-c2nc(-c3cccc4c3Sc3cccc5c6c7ccccc7n(-c7ccccc7)c6n-4c35)nc3oc4ccccc4c23)cc1. The van der Waals surface area contributed by atoms with Gasteiger partial charge >= 0.3 is 0 Å². The Bertz CT molecular complexity index is 2920. The van der Waals surface area contributed by atoms with E-state index in [1.54, 1.807) is 11.8 Å². The van der Waals surface area contributed by atoms with Crippen molar-refractivity contribution in [1.29, 1.82) is 0 Å². The summed E-state index contributed by atoms with van der Waals surface area (Å²) in [7, 11) is 0. The Balaban J connectivity index is 1.24. The lowest BCUT2D eigenvalue weighted by Gasteiger charge is -2.23. The van der Waals surface area contributed by atoms with Crippen LogP contribution in [-0.4, -0.2) is 19.1 Å². The molecule has 0 amide bonds. The quantitative estimate of drug-likeness (QED) is 0.194. The fraction of sp³-hybridized carbons (Fsp3) is 0. The molecule has 0 spiro atoms. The van der Waals surface area contributed by atoms with Crippen molar-refractivity contribution in [3.05, 3.63) is 146 Å². The maximum atomic E-state index is 6.40. The smallest absolute Gasteiger partial charge is 0.231 e. The van der Waals surface area contributed by atoms with E-state index in [4.69, 9.17) is 14.4 Å². The number of fused-ring (bicyclic) bond motifs is 10. The highest BCUT2D eigenvalue weighted by atomic mass is 32.2. The van der Waals surface area contributed by atoms with E-state index >= 15 is 0 Å². The van der Waals surface area contributed by atoms with Crippen LogP contribution >= 0.6 is 11.8 Å². The lowest BCUT2D eigenvalue weighted by molar-refractivity contribution is 0.653. The van der Waals surface area contributed by atoms with Gasteiger partial charge in [-0.25, -0.2) is 4.98 Å². The number of aromatic nitrogens is 4. The first-order chi connectivity index (χ1) is 23.8. The van der Waals surface area contributed by atoms with Crippen molar-refractivity contribution in [1.82, 2.24) is 19.1 Å². The summed E-state index contributed by atoms with van der Waals surface area (Å²) in [5.41, 5.74) is 10.1. The molecule has 0 fully saturated rings. The molecule has 11 rings (SSSR count). The van der Waals surface area contributed by atoms with Crippen LogP contribution in [0.1, 0.15) is 0 Å². The largest absolute Gasteiger partial charge is 0.438 e. The number of furan rings is 1. The number of para-hydroxylation sites is 4. The molecule has 0 radical (unpaired) electrons. The summed E-state index contributed by atoms with van der Waals surface area (Å²) in [6.07, 6.45) is 0. The Morgan fingerprint density at radius 3 is 2.17 bits per heavy atom. The van der Waals surface area contributed by atoms with Gasteiger partial charge in [0.1, 0.15) is 11.2 Å². The number of benzene rings is 6. The van der Waals surface area contributed by atoms with Crippen molar-refractivity contribution in [3.8, 4) is 34.0 Å². The monoisotopic (exact) mass is 632 g/mol. The van der Waals surface area contributed by atoms with Crippen LogP contribution in [0.2, 0.25) is 0 Å². The third-order valence-corrected chi connectivity index (χ3v) is 10.7. The van der Waals surface area contributed by atoms with Gasteiger partial charge in [0.2, 0.25) is 5.71 Å².